The van der Waals surface area contributed by atoms with Gasteiger partial charge in [0.25, 0.3) is 11.8 Å². The number of nitrogens with one attached hydrogen (secondary N) is 2. The molecule has 0 spiro atoms. The molecular formula is C24H23BrF4N2O3. The molecule has 0 bridgehead atoms. The summed E-state index contributed by atoms with van der Waals surface area (Å²) in [7, 11) is 0. The van der Waals surface area contributed by atoms with Gasteiger partial charge in [0.05, 0.1) is 24.0 Å². The van der Waals surface area contributed by atoms with Gasteiger partial charge in [-0.1, -0.05) is 76.6 Å². The highest BCUT2D eigenvalue weighted by Crippen LogP contribution is 2.39. The van der Waals surface area contributed by atoms with Crippen LogP contribution in [0, 0.1) is 0 Å². The number of benzene rings is 2. The summed E-state index contributed by atoms with van der Waals surface area (Å²) in [5, 5.41) is 4.06. The summed E-state index contributed by atoms with van der Waals surface area (Å²) in [4.78, 5) is 25.1. The summed E-state index contributed by atoms with van der Waals surface area (Å²) in [6.07, 6.45) is 0.369. The molecule has 0 fully saturated rings. The molecule has 0 aliphatic carbocycles. The van der Waals surface area contributed by atoms with E-state index < -0.39 is 34.8 Å². The lowest BCUT2D eigenvalue weighted by Gasteiger charge is -2.25. The van der Waals surface area contributed by atoms with Crippen LogP contribution in [0.1, 0.15) is 18.1 Å². The SMILES string of the molecule is CCO/C=C(/C(=C/Br)C(F)(F)C(=O)NCc1ccccc1)C(F)(F)C(=O)NCc1ccccc1. The lowest BCUT2D eigenvalue weighted by molar-refractivity contribution is -0.144. The zero-order chi connectivity index (χ0) is 25.2. The number of amides is 2. The molecule has 34 heavy (non-hydrogen) atoms. The molecule has 2 rings (SSSR count). The Balaban J connectivity index is 2.26. The van der Waals surface area contributed by atoms with Gasteiger partial charge in [-0.05, 0) is 23.0 Å². The van der Waals surface area contributed by atoms with Crippen molar-refractivity contribution < 1.29 is 31.9 Å². The van der Waals surface area contributed by atoms with E-state index in [9.17, 15) is 9.59 Å². The maximum atomic E-state index is 15.1. The van der Waals surface area contributed by atoms with Crippen molar-refractivity contribution in [3.63, 3.8) is 0 Å². The molecule has 5 nitrogen and oxygen atoms in total. The Kier molecular flexibility index (Phi) is 9.85. The van der Waals surface area contributed by atoms with Gasteiger partial charge in [-0.3, -0.25) is 9.59 Å². The Morgan fingerprint density at radius 1 is 0.824 bits per heavy atom. The summed E-state index contributed by atoms with van der Waals surface area (Å²) in [5.74, 6) is -12.5. The van der Waals surface area contributed by atoms with Crippen molar-refractivity contribution >= 4 is 27.7 Å². The average Bonchev–Trinajstić information content (AvgIpc) is 2.84. The fraction of sp³-hybridized carbons (Fsp3) is 0.250. The van der Waals surface area contributed by atoms with Crippen LogP contribution < -0.4 is 10.6 Å². The Hall–Kier alpha value is -3.14. The molecule has 0 aromatic heterocycles. The maximum absolute atomic E-state index is 15.1. The third-order valence-corrected chi connectivity index (χ3v) is 5.06. The first-order chi connectivity index (χ1) is 16.1. The predicted molar refractivity (Wildman–Crippen MR) is 123 cm³/mol. The summed E-state index contributed by atoms with van der Waals surface area (Å²) < 4.78 is 65.1. The van der Waals surface area contributed by atoms with Gasteiger partial charge in [0.1, 0.15) is 0 Å². The quantitative estimate of drug-likeness (QED) is 0.236. The van der Waals surface area contributed by atoms with Crippen molar-refractivity contribution in [3.8, 4) is 0 Å². The van der Waals surface area contributed by atoms with E-state index in [0.717, 1.165) is 0 Å². The molecular weight excluding hydrogens is 520 g/mol. The van der Waals surface area contributed by atoms with Gasteiger partial charge in [-0.15, -0.1) is 0 Å². The second kappa shape index (κ2) is 12.4. The molecule has 0 saturated carbocycles. The largest absolute Gasteiger partial charge is 0.501 e. The lowest BCUT2D eigenvalue weighted by atomic mass is 9.95. The van der Waals surface area contributed by atoms with E-state index in [4.69, 9.17) is 4.74 Å². The normalized spacial score (nSPS) is 12.8. The summed E-state index contributed by atoms with van der Waals surface area (Å²) in [5.41, 5.74) is -1.79. The average molecular weight is 543 g/mol. The summed E-state index contributed by atoms with van der Waals surface area (Å²) in [6.45, 7) is 0.818. The Morgan fingerprint density at radius 3 is 1.62 bits per heavy atom. The van der Waals surface area contributed by atoms with Crippen LogP contribution >= 0.6 is 15.9 Å². The van der Waals surface area contributed by atoms with Crippen LogP contribution in [0.25, 0.3) is 0 Å². The fourth-order valence-electron chi connectivity index (χ4n) is 2.79. The minimum Gasteiger partial charge on any atom is -0.501 e. The number of rotatable bonds is 11. The molecule has 2 aromatic carbocycles. The smallest absolute Gasteiger partial charge is 0.353 e. The van der Waals surface area contributed by atoms with Gasteiger partial charge < -0.3 is 15.4 Å². The molecule has 2 amide bonds. The lowest BCUT2D eigenvalue weighted by Crippen LogP contribution is -2.47. The van der Waals surface area contributed by atoms with E-state index in [1.807, 2.05) is 10.6 Å². The monoisotopic (exact) mass is 542 g/mol. The number of ether oxygens (including phenoxy) is 1. The first-order valence-electron chi connectivity index (χ1n) is 10.2. The van der Waals surface area contributed by atoms with Crippen LogP contribution in [0.5, 0.6) is 0 Å². The maximum Gasteiger partial charge on any atom is 0.353 e. The third-order valence-electron chi connectivity index (χ3n) is 4.61. The highest BCUT2D eigenvalue weighted by molar-refractivity contribution is 9.11. The third kappa shape index (κ3) is 6.93. The fourth-order valence-corrected chi connectivity index (χ4v) is 3.33. The minimum atomic E-state index is -4.44. The van der Waals surface area contributed by atoms with Gasteiger partial charge in [0.2, 0.25) is 0 Å². The molecule has 0 saturated heterocycles. The van der Waals surface area contributed by atoms with E-state index in [1.54, 1.807) is 60.7 Å². The molecule has 2 N–H and O–H groups in total. The van der Waals surface area contributed by atoms with Gasteiger partial charge >= 0.3 is 11.8 Å². The molecule has 0 radical (unpaired) electrons. The molecule has 0 unspecified atom stereocenters. The van der Waals surface area contributed by atoms with E-state index in [-0.39, 0.29) is 19.7 Å². The Morgan fingerprint density at radius 2 is 1.24 bits per heavy atom. The van der Waals surface area contributed by atoms with Gasteiger partial charge in [0.15, 0.2) is 0 Å². The summed E-state index contributed by atoms with van der Waals surface area (Å²) in [6, 6.07) is 16.4. The van der Waals surface area contributed by atoms with Crippen molar-refractivity contribution in [2.75, 3.05) is 6.61 Å². The van der Waals surface area contributed by atoms with Crippen molar-refractivity contribution in [3.05, 3.63) is 94.2 Å². The molecule has 0 atom stereocenters. The number of carbonyl (C=O) groups excluding carboxylic acids is 2. The highest BCUT2D eigenvalue weighted by atomic mass is 79.9. The topological polar surface area (TPSA) is 67.4 Å². The Bertz CT molecular complexity index is 1030. The van der Waals surface area contributed by atoms with Crippen LogP contribution in [0.3, 0.4) is 0 Å². The zero-order valence-electron chi connectivity index (χ0n) is 18.2. The predicted octanol–water partition coefficient (Wildman–Crippen LogP) is 5.09. The molecule has 10 heteroatoms. The van der Waals surface area contributed by atoms with E-state index in [0.29, 0.717) is 22.4 Å². The molecule has 2 aromatic rings. The number of alkyl halides is 4. The zero-order valence-corrected chi connectivity index (χ0v) is 19.8. The van der Waals surface area contributed by atoms with Gasteiger partial charge in [-0.2, -0.15) is 17.6 Å². The standard InChI is InChI=1S/C24H23BrF4N2O3/c1-2-34-16-20(24(28,29)22(33)31-15-18-11-7-4-8-12-18)19(13-25)23(26,27)21(32)30-14-17-9-5-3-6-10-17/h3-13,16H,2,14-15H2,1H3,(H,30,32)(H,31,33)/b19-13-,20-16-. The van der Waals surface area contributed by atoms with Crippen molar-refractivity contribution in [2.45, 2.75) is 31.9 Å². The summed E-state index contributed by atoms with van der Waals surface area (Å²) >= 11 is 2.64. The first kappa shape index (κ1) is 27.1. The number of carbonyl (C=O) groups is 2. The number of hydrogen-bond acceptors (Lipinski definition) is 3. The number of halogens is 5. The second-order valence-corrected chi connectivity index (χ2v) is 7.45. The van der Waals surface area contributed by atoms with Crippen LogP contribution in [-0.2, 0) is 27.4 Å². The number of hydrogen-bond donors (Lipinski definition) is 2. The van der Waals surface area contributed by atoms with Crippen LogP contribution in [0.4, 0.5) is 17.6 Å². The van der Waals surface area contributed by atoms with Crippen LogP contribution in [-0.4, -0.2) is 30.3 Å². The van der Waals surface area contributed by atoms with Crippen molar-refractivity contribution in [1.82, 2.24) is 10.6 Å². The van der Waals surface area contributed by atoms with Crippen LogP contribution in [0.2, 0.25) is 0 Å². The first-order valence-corrected chi connectivity index (χ1v) is 11.1. The van der Waals surface area contributed by atoms with Gasteiger partial charge in [0, 0.05) is 13.1 Å². The highest BCUT2D eigenvalue weighted by Gasteiger charge is 2.53. The molecule has 182 valence electrons. The molecule has 0 aliphatic heterocycles. The van der Waals surface area contributed by atoms with Gasteiger partial charge in [-0.25, -0.2) is 0 Å². The van der Waals surface area contributed by atoms with Crippen molar-refractivity contribution in [1.29, 1.82) is 0 Å². The van der Waals surface area contributed by atoms with E-state index in [1.165, 1.54) is 6.92 Å². The van der Waals surface area contributed by atoms with E-state index in [2.05, 4.69) is 15.9 Å². The second-order valence-electron chi connectivity index (χ2n) is 6.99. The van der Waals surface area contributed by atoms with Crippen molar-refractivity contribution in [2.24, 2.45) is 0 Å². The minimum absolute atomic E-state index is 0.132. The molecule has 0 heterocycles. The van der Waals surface area contributed by atoms with Crippen LogP contribution in [0.15, 0.2) is 83.1 Å². The molecule has 0 aliphatic rings. The Labute approximate surface area is 203 Å². The van der Waals surface area contributed by atoms with E-state index >= 15 is 17.6 Å².